The van der Waals surface area contributed by atoms with Crippen molar-refractivity contribution in [2.24, 2.45) is 5.92 Å². The molecule has 180 valence electrons. The molecular weight excluding hydrogens is 444 g/mol. The quantitative estimate of drug-likeness (QED) is 0.267. The fourth-order valence-corrected chi connectivity index (χ4v) is 4.07. The average molecular weight is 473 g/mol. The molecule has 1 saturated carbocycles. The van der Waals surface area contributed by atoms with Crippen LogP contribution in [-0.2, 0) is 14.4 Å². The van der Waals surface area contributed by atoms with Crippen molar-refractivity contribution in [2.45, 2.75) is 32.6 Å². The third-order valence-corrected chi connectivity index (χ3v) is 5.64. The van der Waals surface area contributed by atoms with Gasteiger partial charge in [0.1, 0.15) is 5.75 Å². The predicted octanol–water partition coefficient (Wildman–Crippen LogP) is 5.97. The fourth-order valence-electron chi connectivity index (χ4n) is 4.07. The summed E-state index contributed by atoms with van der Waals surface area (Å²) in [5.41, 5.74) is 3.99. The normalized spacial score (nSPS) is 16.4. The fraction of sp³-hybridized carbons (Fsp3) is 0.207. The summed E-state index contributed by atoms with van der Waals surface area (Å²) < 4.78 is 15.9. The van der Waals surface area contributed by atoms with E-state index in [4.69, 9.17) is 14.2 Å². The van der Waals surface area contributed by atoms with Crippen LogP contribution in [0.25, 0.3) is 5.57 Å². The summed E-state index contributed by atoms with van der Waals surface area (Å²) in [4.78, 5) is 35.3. The number of allylic oxidation sites excluding steroid dienone is 1. The van der Waals surface area contributed by atoms with E-state index in [2.05, 4.69) is 26.7 Å². The lowest BCUT2D eigenvalue weighted by Crippen LogP contribution is -2.10. The van der Waals surface area contributed by atoms with Crippen molar-refractivity contribution < 1.29 is 28.6 Å². The Hall–Kier alpha value is -4.19. The first-order chi connectivity index (χ1) is 16.8. The molecule has 2 aromatic carbocycles. The van der Waals surface area contributed by atoms with E-state index in [0.29, 0.717) is 11.7 Å². The molecule has 0 radical (unpaired) electrons. The van der Waals surface area contributed by atoms with Crippen LogP contribution in [0.4, 0.5) is 0 Å². The monoisotopic (exact) mass is 472 g/mol. The smallest absolute Gasteiger partial charge is 0.335 e. The largest absolute Gasteiger partial charge is 0.423 e. The zero-order chi connectivity index (χ0) is 25.4. The van der Waals surface area contributed by atoms with Gasteiger partial charge >= 0.3 is 17.9 Å². The summed E-state index contributed by atoms with van der Waals surface area (Å²) in [5.74, 6) is -0.733. The number of benzene rings is 2. The number of carbonyl (C=O) groups is 3. The molecule has 3 rings (SSSR count). The van der Waals surface area contributed by atoms with Gasteiger partial charge in [-0.25, -0.2) is 14.4 Å². The molecule has 1 atom stereocenters. The first-order valence-corrected chi connectivity index (χ1v) is 11.3. The maximum atomic E-state index is 12.0. The summed E-state index contributed by atoms with van der Waals surface area (Å²) >= 11 is 0. The number of ether oxygens (including phenoxy) is 3. The van der Waals surface area contributed by atoms with Crippen LogP contribution in [0.1, 0.15) is 43.7 Å². The molecule has 1 unspecified atom stereocenters. The third-order valence-electron chi connectivity index (χ3n) is 5.64. The molecule has 1 fully saturated rings. The van der Waals surface area contributed by atoms with Crippen molar-refractivity contribution in [3.63, 3.8) is 0 Å². The third kappa shape index (κ3) is 6.67. The Labute approximate surface area is 205 Å². The zero-order valence-electron chi connectivity index (χ0n) is 19.8. The van der Waals surface area contributed by atoms with Crippen molar-refractivity contribution in [3.05, 3.63) is 97.1 Å². The lowest BCUT2D eigenvalue weighted by Gasteiger charge is -2.25. The Kier molecular flexibility index (Phi) is 8.57. The second-order valence-corrected chi connectivity index (χ2v) is 8.24. The first-order valence-electron chi connectivity index (χ1n) is 11.3. The molecule has 0 amide bonds. The van der Waals surface area contributed by atoms with E-state index >= 15 is 0 Å². The van der Waals surface area contributed by atoms with Crippen LogP contribution in [0.3, 0.4) is 0 Å². The van der Waals surface area contributed by atoms with Crippen LogP contribution in [0, 0.1) is 5.92 Å². The molecule has 0 aromatic heterocycles. The van der Waals surface area contributed by atoms with Gasteiger partial charge in [0.05, 0.1) is 0 Å². The minimum atomic E-state index is -0.674. The zero-order valence-corrected chi connectivity index (χ0v) is 19.8. The van der Waals surface area contributed by atoms with Crippen molar-refractivity contribution in [2.75, 3.05) is 0 Å². The van der Waals surface area contributed by atoms with Crippen molar-refractivity contribution in [1.29, 1.82) is 0 Å². The van der Waals surface area contributed by atoms with Gasteiger partial charge in [-0.05, 0) is 66.1 Å². The highest BCUT2D eigenvalue weighted by Gasteiger charge is 2.21. The minimum Gasteiger partial charge on any atom is -0.423 e. The van der Waals surface area contributed by atoms with E-state index in [0.717, 1.165) is 60.6 Å². The molecule has 35 heavy (non-hydrogen) atoms. The first kappa shape index (κ1) is 25.4. The molecule has 0 aliphatic heterocycles. The molecule has 0 heterocycles. The Morgan fingerprint density at radius 2 is 1.37 bits per heavy atom. The van der Waals surface area contributed by atoms with Gasteiger partial charge < -0.3 is 14.2 Å². The van der Waals surface area contributed by atoms with Gasteiger partial charge in [0, 0.05) is 18.2 Å². The van der Waals surface area contributed by atoms with Gasteiger partial charge in [-0.3, -0.25) is 0 Å². The van der Waals surface area contributed by atoms with E-state index in [1.165, 1.54) is 5.57 Å². The minimum absolute atomic E-state index is 0.0982. The van der Waals surface area contributed by atoms with Crippen LogP contribution >= 0.6 is 0 Å². The van der Waals surface area contributed by atoms with Crippen LogP contribution < -0.4 is 14.2 Å². The molecular formula is C29H28O6. The summed E-state index contributed by atoms with van der Waals surface area (Å²) in [7, 11) is 0. The lowest BCUT2D eigenvalue weighted by atomic mass is 9.81. The van der Waals surface area contributed by atoms with Crippen molar-refractivity contribution in [1.82, 2.24) is 0 Å². The lowest BCUT2D eigenvalue weighted by molar-refractivity contribution is -0.131. The summed E-state index contributed by atoms with van der Waals surface area (Å²) in [5, 5.41) is 0. The highest BCUT2D eigenvalue weighted by Crippen LogP contribution is 2.40. The van der Waals surface area contributed by atoms with Gasteiger partial charge in [-0.1, -0.05) is 56.9 Å². The molecule has 0 saturated heterocycles. The van der Waals surface area contributed by atoms with E-state index in [9.17, 15) is 14.4 Å². The maximum Gasteiger partial charge on any atom is 0.335 e. The summed E-state index contributed by atoms with van der Waals surface area (Å²) in [6, 6.07) is 12.3. The van der Waals surface area contributed by atoms with Crippen LogP contribution in [0.15, 0.2) is 86.0 Å². The number of esters is 3. The van der Waals surface area contributed by atoms with Gasteiger partial charge in [-0.15, -0.1) is 0 Å². The topological polar surface area (TPSA) is 78.9 Å². The number of hydrogen-bond donors (Lipinski definition) is 0. The Balaban J connectivity index is 2.11. The standard InChI is InChI=1S/C29H28O6/c1-5-26(30)33-23-14-11-20(12-15-23)29(21-10-8-9-19(4)17-21)22-13-16-24(34-27(31)6-2)25(18-22)35-28(32)7-3/h5-7,11-16,18-19H,1-3,8-10,17H2,4H3. The second-order valence-electron chi connectivity index (χ2n) is 8.24. The Bertz CT molecular complexity index is 1190. The molecule has 6 nitrogen and oxygen atoms in total. The molecule has 0 spiro atoms. The maximum absolute atomic E-state index is 12.0. The molecule has 6 heteroatoms. The molecule has 1 aliphatic rings. The number of rotatable bonds is 8. The van der Waals surface area contributed by atoms with Gasteiger partial charge in [0.2, 0.25) is 0 Å². The van der Waals surface area contributed by atoms with Crippen LogP contribution in [0.5, 0.6) is 17.2 Å². The molecule has 2 aromatic rings. The molecule has 0 bridgehead atoms. The van der Waals surface area contributed by atoms with Crippen LogP contribution in [0.2, 0.25) is 0 Å². The molecule has 0 N–H and O–H groups in total. The van der Waals surface area contributed by atoms with Gasteiger partial charge in [0.15, 0.2) is 11.5 Å². The average Bonchev–Trinajstić information content (AvgIpc) is 2.86. The van der Waals surface area contributed by atoms with Crippen molar-refractivity contribution in [3.8, 4) is 17.2 Å². The number of carbonyl (C=O) groups excluding carboxylic acids is 3. The van der Waals surface area contributed by atoms with E-state index in [1.54, 1.807) is 24.3 Å². The Morgan fingerprint density at radius 3 is 1.97 bits per heavy atom. The van der Waals surface area contributed by atoms with Crippen molar-refractivity contribution >= 4 is 23.5 Å². The SMILES string of the molecule is C=CC(=O)Oc1ccc(C(=C2CCCC(C)C2)c2ccc(OC(=O)C=C)c(OC(=O)C=C)c2)cc1. The highest BCUT2D eigenvalue weighted by molar-refractivity contribution is 5.88. The van der Waals surface area contributed by atoms with E-state index in [-0.39, 0.29) is 11.5 Å². The predicted molar refractivity (Wildman–Crippen MR) is 134 cm³/mol. The summed E-state index contributed by atoms with van der Waals surface area (Å²) in [6.45, 7) is 12.5. The molecule has 1 aliphatic carbocycles. The van der Waals surface area contributed by atoms with Crippen LogP contribution in [-0.4, -0.2) is 17.9 Å². The van der Waals surface area contributed by atoms with E-state index < -0.39 is 17.9 Å². The van der Waals surface area contributed by atoms with E-state index in [1.807, 2.05) is 18.2 Å². The number of hydrogen-bond acceptors (Lipinski definition) is 6. The highest BCUT2D eigenvalue weighted by atomic mass is 16.6. The summed E-state index contributed by atoms with van der Waals surface area (Å²) in [6.07, 6.45) is 7.27. The van der Waals surface area contributed by atoms with Gasteiger partial charge in [-0.2, -0.15) is 0 Å². The second kappa shape index (κ2) is 11.8. The van der Waals surface area contributed by atoms with Gasteiger partial charge in [0.25, 0.3) is 0 Å². The Morgan fingerprint density at radius 1 is 0.800 bits per heavy atom.